The molecule has 0 fully saturated rings. The summed E-state index contributed by atoms with van der Waals surface area (Å²) in [5, 5.41) is 3.03. The maximum atomic E-state index is 11.4. The molecule has 0 bridgehead atoms. The van der Waals surface area contributed by atoms with Crippen molar-refractivity contribution in [2.24, 2.45) is 33.8 Å². The van der Waals surface area contributed by atoms with E-state index in [1.54, 1.807) is 6.92 Å². The van der Waals surface area contributed by atoms with E-state index in [0.29, 0.717) is 0 Å². The van der Waals surface area contributed by atoms with E-state index in [-0.39, 0.29) is 6.26 Å². The van der Waals surface area contributed by atoms with Crippen molar-refractivity contribution in [3.63, 3.8) is 0 Å². The Morgan fingerprint density at radius 1 is 0.681 bits per heavy atom. The molecule has 0 aromatic rings. The molecule has 1 unspecified atom stereocenters. The fourth-order valence-electron chi connectivity index (χ4n) is 0.531. The molecule has 34 heteroatoms. The molecule has 0 radical (unpaired) electrons. The molecule has 3 amide bonds. The van der Waals surface area contributed by atoms with Crippen LogP contribution in [0.3, 0.4) is 0 Å². The maximum Gasteiger partial charge on any atom is 0.524 e. The van der Waals surface area contributed by atoms with Gasteiger partial charge < -0.3 is 28.7 Å². The second-order valence-electron chi connectivity index (χ2n) is 7.14. The normalized spacial score (nSPS) is 14.4. The predicted molar refractivity (Wildman–Crippen MR) is 135 cm³/mol. The topological polar surface area (TPSA) is 385 Å². The molecule has 282 valence electrons. The van der Waals surface area contributed by atoms with Crippen molar-refractivity contribution in [3.05, 3.63) is 10.4 Å². The van der Waals surface area contributed by atoms with Gasteiger partial charge in [-0.2, -0.15) is 73.2 Å². The Bertz CT molecular complexity index is 1500. The third kappa shape index (κ3) is 27.5. The van der Waals surface area contributed by atoms with Crippen LogP contribution in [0.2, 0.25) is 1.41 Å². The largest absolute Gasteiger partial charge is 0.524 e. The molecule has 0 saturated carbocycles. The average Bonchev–Trinajstić information content (AvgIpc) is 2.80. The van der Waals surface area contributed by atoms with E-state index >= 15 is 0 Å². The summed E-state index contributed by atoms with van der Waals surface area (Å²) in [6.45, 7) is 4.50. The van der Waals surface area contributed by atoms with Crippen LogP contribution in [0.1, 0.15) is 20.8 Å². The third-order valence-electron chi connectivity index (χ3n) is 2.75. The summed E-state index contributed by atoms with van der Waals surface area (Å²) in [7, 11) is -24.4. The van der Waals surface area contributed by atoms with E-state index in [9.17, 15) is 87.6 Å². The summed E-state index contributed by atoms with van der Waals surface area (Å²) in [6, 6.07) is -1.79. The number of nitrogens with zero attached hydrogens (tertiary/aromatic N) is 3. The summed E-state index contributed by atoms with van der Waals surface area (Å²) in [4.78, 5) is 32.2. The monoisotopic (exact) mass is 801 g/mol. The Hall–Kier alpha value is -3.27. The van der Waals surface area contributed by atoms with Gasteiger partial charge in [0.15, 0.2) is 0 Å². The summed E-state index contributed by atoms with van der Waals surface area (Å²) < 4.78 is 193. The smallest absolute Gasteiger partial charge is 0.369 e. The van der Waals surface area contributed by atoms with Crippen molar-refractivity contribution >= 4 is 58.2 Å². The number of carbonyl (C=O) groups excluding carboxylic acids is 3. The van der Waals surface area contributed by atoms with Gasteiger partial charge in [0.1, 0.15) is 7.45 Å². The molecule has 0 saturated heterocycles. The Balaban J connectivity index is -0.000000168. The zero-order valence-electron chi connectivity index (χ0n) is 24.2. The van der Waals surface area contributed by atoms with Crippen molar-refractivity contribution < 1.29 is 96.2 Å². The third-order valence-corrected chi connectivity index (χ3v) is 7.59. The number of halogens is 9. The maximum absolute atomic E-state index is 11.4. The van der Waals surface area contributed by atoms with Crippen LogP contribution in [0, 0.1) is 0 Å². The minimum Gasteiger partial charge on any atom is -0.369 e. The summed E-state index contributed by atoms with van der Waals surface area (Å²) in [5.41, 5.74) is 10.5. The fourth-order valence-corrected chi connectivity index (χ4v) is 3.70. The van der Waals surface area contributed by atoms with Crippen molar-refractivity contribution in [1.29, 1.82) is 0 Å². The minimum absolute atomic E-state index is 0.191. The SMILES string of the molecule is CS(=O)(=O)OS(=O)(=O)C(F)(F)F.C[C@@H](N)C(N)=O.C[C@@H](N=[N+]=[N-])C(N)=O.O=S(=O)(OS(=O)(=O)C(F)(F)F)C(F)(F)F.[2H]NC(C)C(N)=O. The molecule has 0 heterocycles. The van der Waals surface area contributed by atoms with Crippen LogP contribution in [0.25, 0.3) is 10.4 Å². The Labute approximate surface area is 260 Å². The number of nitrogens with two attached hydrogens (primary N) is 5. The summed E-state index contributed by atoms with van der Waals surface area (Å²) in [5.74, 6) is -1.58. The van der Waals surface area contributed by atoms with Crippen LogP contribution < -0.4 is 28.7 Å². The van der Waals surface area contributed by atoms with Gasteiger partial charge in [0.05, 0.1) is 18.3 Å². The van der Waals surface area contributed by atoms with E-state index in [1.165, 1.54) is 13.8 Å². The van der Waals surface area contributed by atoms with Gasteiger partial charge >= 0.3 is 46.9 Å². The van der Waals surface area contributed by atoms with E-state index in [2.05, 4.69) is 19.4 Å². The molecule has 21 nitrogen and oxygen atoms in total. The molecule has 0 spiro atoms. The Kier molecular flexibility index (Phi) is 21.7. The molecular formula is C13H25F9N8O13S4. The lowest BCUT2D eigenvalue weighted by atomic mass is 10.4. The van der Waals surface area contributed by atoms with Crippen molar-refractivity contribution in [2.45, 2.75) is 55.4 Å². The molecule has 0 aliphatic carbocycles. The Morgan fingerprint density at radius 3 is 1.02 bits per heavy atom. The number of amides is 3. The van der Waals surface area contributed by atoms with Gasteiger partial charge in [-0.3, -0.25) is 14.4 Å². The van der Waals surface area contributed by atoms with Crippen LogP contribution in [0.15, 0.2) is 5.11 Å². The first-order valence-corrected chi connectivity index (χ1v) is 16.1. The highest BCUT2D eigenvalue weighted by molar-refractivity contribution is 8.00. The lowest BCUT2D eigenvalue weighted by Crippen LogP contribution is -2.34. The van der Waals surface area contributed by atoms with Gasteiger partial charge in [-0.05, 0) is 26.3 Å². The second kappa shape index (κ2) is 20.2. The van der Waals surface area contributed by atoms with Crippen LogP contribution >= 0.6 is 0 Å². The molecule has 10 N–H and O–H groups in total. The highest BCUT2D eigenvalue weighted by atomic mass is 32.3. The number of hydrogen-bond acceptors (Lipinski definition) is 16. The zero-order chi connectivity index (χ0) is 40.5. The van der Waals surface area contributed by atoms with E-state index < -0.39 is 92.8 Å². The number of carbonyl (C=O) groups is 3. The second-order valence-corrected chi connectivity index (χ2v) is 13.7. The molecule has 0 aliphatic heterocycles. The molecule has 0 aromatic heterocycles. The van der Waals surface area contributed by atoms with Crippen LogP contribution in [-0.4, -0.2) is 92.3 Å². The first kappa shape index (κ1) is 50.6. The molecular weight excluding hydrogens is 775 g/mol. The minimum atomic E-state index is -6.85. The average molecular weight is 802 g/mol. The van der Waals surface area contributed by atoms with Gasteiger partial charge in [-0.25, -0.2) is 0 Å². The molecule has 3 atom stereocenters. The van der Waals surface area contributed by atoms with Crippen LogP contribution in [-0.2, 0) is 62.1 Å². The summed E-state index contributed by atoms with van der Waals surface area (Å²) >= 11 is 0. The van der Waals surface area contributed by atoms with E-state index in [4.69, 9.17) is 24.1 Å². The first-order valence-electron chi connectivity index (χ1n) is 10.6. The first-order chi connectivity index (χ1) is 20.7. The van der Waals surface area contributed by atoms with Crippen molar-refractivity contribution in [3.8, 4) is 0 Å². The van der Waals surface area contributed by atoms with Gasteiger partial charge in [-0.15, -0.1) is 7.26 Å². The molecule has 0 rings (SSSR count). The summed E-state index contributed by atoms with van der Waals surface area (Å²) in [6.07, 6.45) is 0.191. The van der Waals surface area contributed by atoms with Crippen molar-refractivity contribution in [2.75, 3.05) is 6.26 Å². The highest BCUT2D eigenvalue weighted by Crippen LogP contribution is 2.32. The van der Waals surface area contributed by atoms with Gasteiger partial charge in [0.25, 0.3) is 10.1 Å². The number of azide groups is 1. The van der Waals surface area contributed by atoms with E-state index in [0.717, 1.165) is 0 Å². The van der Waals surface area contributed by atoms with Gasteiger partial charge in [-0.1, -0.05) is 5.11 Å². The Morgan fingerprint density at radius 2 is 0.936 bits per heavy atom. The quantitative estimate of drug-likeness (QED) is 0.0572. The lowest BCUT2D eigenvalue weighted by Gasteiger charge is -2.09. The van der Waals surface area contributed by atoms with Crippen LogP contribution in [0.5, 0.6) is 0 Å². The number of rotatable bonds is 9. The molecule has 0 aliphatic rings. The number of primary amides is 3. The number of alkyl halides is 9. The van der Waals surface area contributed by atoms with E-state index in [1.807, 2.05) is 9.36 Å². The molecule has 47 heavy (non-hydrogen) atoms. The van der Waals surface area contributed by atoms with Crippen LogP contribution in [0.4, 0.5) is 39.5 Å². The van der Waals surface area contributed by atoms with Crippen molar-refractivity contribution in [1.82, 2.24) is 0 Å². The standard InChI is InChI=1S/C3H6N4O.2C3H8N2O.C2F6O5S2.C2H3F3O5S2/c1-2(3(4)8)6-7-5;2*1-2(4)3(5)6;3-1(4,5)14(9,10)13-15(11,12)2(6,7)8;1-11(6,7)10-12(8,9)2(3,4)5/h2H,1H3,(H2,4,8);2*2H,4H2,1H3,(H2,5,6);;1H3/t2*2-;;;/m11.../s1/i/hD. The highest BCUT2D eigenvalue weighted by Gasteiger charge is 2.57. The lowest BCUT2D eigenvalue weighted by molar-refractivity contribution is -0.119. The fraction of sp³-hybridized carbons (Fsp3) is 0.769. The van der Waals surface area contributed by atoms with Gasteiger partial charge in [0, 0.05) is 4.91 Å². The van der Waals surface area contributed by atoms with Gasteiger partial charge in [0.2, 0.25) is 17.7 Å². The zero-order valence-corrected chi connectivity index (χ0v) is 26.5. The number of hydrogen-bond donors (Lipinski definition) is 5. The molecule has 0 aromatic carbocycles. The predicted octanol–water partition coefficient (Wildman–Crippen LogP) is -1.68.